The highest BCUT2D eigenvalue weighted by atomic mass is 15.2. The van der Waals surface area contributed by atoms with Crippen molar-refractivity contribution < 1.29 is 0 Å². The molecule has 1 saturated carbocycles. The first-order valence-electron chi connectivity index (χ1n) is 7.88. The normalized spacial score (nSPS) is 29.1. The Morgan fingerprint density at radius 1 is 0.941 bits per heavy atom. The van der Waals surface area contributed by atoms with Crippen molar-refractivity contribution in [3.63, 3.8) is 0 Å². The first kappa shape index (κ1) is 13.4. The molecule has 0 spiro atoms. The third-order valence-electron chi connectivity index (χ3n) is 4.60. The maximum Gasteiger partial charge on any atom is 0.0223 e. The summed E-state index contributed by atoms with van der Waals surface area (Å²) in [5.41, 5.74) is 0. The molecule has 0 aromatic rings. The minimum atomic E-state index is 0.826. The highest BCUT2D eigenvalue weighted by Gasteiger charge is 2.28. The van der Waals surface area contributed by atoms with Gasteiger partial charge in [0.25, 0.3) is 0 Å². The van der Waals surface area contributed by atoms with E-state index in [4.69, 9.17) is 0 Å². The van der Waals surface area contributed by atoms with Crippen LogP contribution in [0.2, 0.25) is 0 Å². The molecule has 17 heavy (non-hydrogen) atoms. The van der Waals surface area contributed by atoms with Crippen molar-refractivity contribution in [1.29, 1.82) is 0 Å². The molecule has 0 aromatic heterocycles. The third kappa shape index (κ3) is 3.96. The van der Waals surface area contributed by atoms with E-state index < -0.39 is 0 Å². The zero-order valence-corrected chi connectivity index (χ0v) is 11.6. The quantitative estimate of drug-likeness (QED) is 0.757. The second kappa shape index (κ2) is 7.38. The molecule has 1 N–H and O–H groups in total. The number of piperidine rings is 1. The molecule has 100 valence electrons. The molecule has 2 nitrogen and oxygen atoms in total. The van der Waals surface area contributed by atoms with Crippen LogP contribution in [0.1, 0.15) is 64.7 Å². The van der Waals surface area contributed by atoms with E-state index in [0.29, 0.717) is 0 Å². The molecule has 1 saturated heterocycles. The first-order valence-corrected chi connectivity index (χ1v) is 7.88. The third-order valence-corrected chi connectivity index (χ3v) is 4.60. The summed E-state index contributed by atoms with van der Waals surface area (Å²) < 4.78 is 0. The fourth-order valence-corrected chi connectivity index (χ4v) is 3.62. The fourth-order valence-electron chi connectivity index (χ4n) is 3.62. The van der Waals surface area contributed by atoms with Crippen LogP contribution in [0.25, 0.3) is 0 Å². The highest BCUT2D eigenvalue weighted by molar-refractivity contribution is 4.85. The van der Waals surface area contributed by atoms with Crippen LogP contribution >= 0.6 is 0 Å². The van der Waals surface area contributed by atoms with E-state index in [-0.39, 0.29) is 0 Å². The maximum absolute atomic E-state index is 3.56. The summed E-state index contributed by atoms with van der Waals surface area (Å²) in [5, 5.41) is 3.56. The predicted octanol–water partition coefficient (Wildman–Crippen LogP) is 3.17. The highest BCUT2D eigenvalue weighted by Crippen LogP contribution is 2.27. The number of hydrogen-bond acceptors (Lipinski definition) is 2. The van der Waals surface area contributed by atoms with Crippen molar-refractivity contribution in [3.8, 4) is 0 Å². The Morgan fingerprint density at radius 3 is 2.35 bits per heavy atom. The van der Waals surface area contributed by atoms with Gasteiger partial charge in [0.2, 0.25) is 0 Å². The monoisotopic (exact) mass is 238 g/mol. The predicted molar refractivity (Wildman–Crippen MR) is 74.4 cm³/mol. The molecule has 2 aliphatic rings. The van der Waals surface area contributed by atoms with Gasteiger partial charge in [-0.25, -0.2) is 0 Å². The van der Waals surface area contributed by atoms with Gasteiger partial charge in [0.05, 0.1) is 0 Å². The van der Waals surface area contributed by atoms with Gasteiger partial charge in [-0.2, -0.15) is 0 Å². The van der Waals surface area contributed by atoms with E-state index in [1.165, 1.54) is 70.9 Å². The summed E-state index contributed by atoms with van der Waals surface area (Å²) in [4.78, 5) is 2.86. The number of nitrogens with zero attached hydrogens (tertiary/aromatic N) is 1. The fraction of sp³-hybridized carbons (Fsp3) is 1.00. The Hall–Kier alpha value is -0.0800. The summed E-state index contributed by atoms with van der Waals surface area (Å²) >= 11 is 0. The lowest BCUT2D eigenvalue weighted by atomic mass is 9.96. The van der Waals surface area contributed by atoms with E-state index >= 15 is 0 Å². The van der Waals surface area contributed by atoms with E-state index in [1.54, 1.807) is 0 Å². The second-order valence-corrected chi connectivity index (χ2v) is 5.84. The van der Waals surface area contributed by atoms with Gasteiger partial charge in [-0.05, 0) is 38.8 Å². The Kier molecular flexibility index (Phi) is 5.79. The molecule has 1 aliphatic carbocycles. The lowest BCUT2D eigenvalue weighted by molar-refractivity contribution is 0.0848. The second-order valence-electron chi connectivity index (χ2n) is 5.84. The molecule has 0 aromatic carbocycles. The minimum absolute atomic E-state index is 0.826. The maximum atomic E-state index is 3.56. The van der Waals surface area contributed by atoms with Crippen molar-refractivity contribution in [2.45, 2.75) is 76.8 Å². The van der Waals surface area contributed by atoms with Gasteiger partial charge in [-0.15, -0.1) is 0 Å². The largest absolute Gasteiger partial charge is 0.315 e. The summed E-state index contributed by atoms with van der Waals surface area (Å²) in [6.07, 6.45) is 13.1. The molecule has 0 bridgehead atoms. The molecule has 1 heterocycles. The van der Waals surface area contributed by atoms with Gasteiger partial charge in [-0.1, -0.05) is 39.0 Å². The van der Waals surface area contributed by atoms with Crippen LogP contribution in [-0.2, 0) is 0 Å². The van der Waals surface area contributed by atoms with Crippen LogP contribution in [0.5, 0.6) is 0 Å². The SMILES string of the molecule is CCNCC1CCCCN1C1CCCCCC1. The van der Waals surface area contributed by atoms with Crippen LogP contribution in [0.4, 0.5) is 0 Å². The summed E-state index contributed by atoms with van der Waals surface area (Å²) in [6, 6.07) is 1.73. The van der Waals surface area contributed by atoms with Gasteiger partial charge >= 0.3 is 0 Å². The van der Waals surface area contributed by atoms with Crippen molar-refractivity contribution in [2.24, 2.45) is 0 Å². The van der Waals surface area contributed by atoms with E-state index in [2.05, 4.69) is 17.1 Å². The van der Waals surface area contributed by atoms with E-state index in [9.17, 15) is 0 Å². The lowest BCUT2D eigenvalue weighted by Crippen LogP contribution is -2.50. The topological polar surface area (TPSA) is 15.3 Å². The van der Waals surface area contributed by atoms with Gasteiger partial charge in [0, 0.05) is 18.6 Å². The number of nitrogens with one attached hydrogen (secondary N) is 1. The number of likely N-dealkylation sites (N-methyl/N-ethyl adjacent to an activating group) is 1. The molecular weight excluding hydrogens is 208 g/mol. The first-order chi connectivity index (χ1) is 8.42. The Bertz CT molecular complexity index is 197. The van der Waals surface area contributed by atoms with Gasteiger partial charge in [0.1, 0.15) is 0 Å². The Balaban J connectivity index is 1.89. The summed E-state index contributed by atoms with van der Waals surface area (Å²) in [6.45, 7) is 5.92. The Morgan fingerprint density at radius 2 is 1.65 bits per heavy atom. The average molecular weight is 238 g/mol. The van der Waals surface area contributed by atoms with Crippen molar-refractivity contribution >= 4 is 0 Å². The Labute approximate surface area is 107 Å². The van der Waals surface area contributed by atoms with Crippen molar-refractivity contribution in [2.75, 3.05) is 19.6 Å². The van der Waals surface area contributed by atoms with Crippen LogP contribution in [0, 0.1) is 0 Å². The summed E-state index contributed by atoms with van der Waals surface area (Å²) in [7, 11) is 0. The van der Waals surface area contributed by atoms with Crippen LogP contribution in [0.3, 0.4) is 0 Å². The van der Waals surface area contributed by atoms with Crippen LogP contribution in [0.15, 0.2) is 0 Å². The van der Waals surface area contributed by atoms with Gasteiger partial charge < -0.3 is 5.32 Å². The molecule has 2 heteroatoms. The van der Waals surface area contributed by atoms with Crippen LogP contribution in [-0.4, -0.2) is 36.6 Å². The molecular formula is C15H30N2. The number of likely N-dealkylation sites (tertiary alicyclic amines) is 1. The minimum Gasteiger partial charge on any atom is -0.315 e. The average Bonchev–Trinajstić information content (AvgIpc) is 2.65. The van der Waals surface area contributed by atoms with Crippen LogP contribution < -0.4 is 5.32 Å². The molecule has 0 radical (unpaired) electrons. The van der Waals surface area contributed by atoms with Gasteiger partial charge in [-0.3, -0.25) is 4.90 Å². The number of hydrogen-bond donors (Lipinski definition) is 1. The molecule has 2 fully saturated rings. The van der Waals surface area contributed by atoms with E-state index in [1.807, 2.05) is 0 Å². The molecule has 0 amide bonds. The van der Waals surface area contributed by atoms with E-state index in [0.717, 1.165) is 18.6 Å². The van der Waals surface area contributed by atoms with Gasteiger partial charge in [0.15, 0.2) is 0 Å². The standard InChI is InChI=1S/C15H30N2/c1-2-16-13-15-11-7-8-12-17(15)14-9-5-3-4-6-10-14/h14-16H,2-13H2,1H3. The molecule has 1 unspecified atom stereocenters. The lowest BCUT2D eigenvalue weighted by Gasteiger charge is -2.41. The molecule has 2 rings (SSSR count). The summed E-state index contributed by atoms with van der Waals surface area (Å²) in [5.74, 6) is 0. The zero-order chi connectivity index (χ0) is 11.9. The molecule has 1 aliphatic heterocycles. The number of rotatable bonds is 4. The zero-order valence-electron chi connectivity index (χ0n) is 11.6. The van der Waals surface area contributed by atoms with Crippen molar-refractivity contribution in [1.82, 2.24) is 10.2 Å². The smallest absolute Gasteiger partial charge is 0.0223 e. The van der Waals surface area contributed by atoms with Crippen molar-refractivity contribution in [3.05, 3.63) is 0 Å². The molecule has 1 atom stereocenters.